The van der Waals surface area contributed by atoms with Crippen LogP contribution in [0.5, 0.6) is 0 Å². The van der Waals surface area contributed by atoms with Gasteiger partial charge in [-0.1, -0.05) is 43.0 Å². The number of carbonyl (C=O) groups is 3. The van der Waals surface area contributed by atoms with Gasteiger partial charge in [0.15, 0.2) is 11.0 Å². The van der Waals surface area contributed by atoms with Crippen molar-refractivity contribution in [3.8, 4) is 0 Å². The normalized spacial score (nSPS) is 11.5. The Labute approximate surface area is 208 Å². The molecule has 2 N–H and O–H groups in total. The number of aromatic nitrogens is 3. The Balaban J connectivity index is 1.59. The van der Waals surface area contributed by atoms with E-state index in [0.29, 0.717) is 40.9 Å². The molecule has 10 heteroatoms. The Morgan fingerprint density at radius 1 is 1.03 bits per heavy atom. The van der Waals surface area contributed by atoms with Gasteiger partial charge in [0.25, 0.3) is 5.91 Å². The lowest BCUT2D eigenvalue weighted by atomic mass is 10.2. The summed E-state index contributed by atoms with van der Waals surface area (Å²) in [5.74, 6) is -0.148. The molecule has 1 aromatic heterocycles. The number of anilines is 1. The predicted octanol–water partition coefficient (Wildman–Crippen LogP) is 4.09. The average Bonchev–Trinajstić information content (AvgIpc) is 3.29. The maximum Gasteiger partial charge on any atom is 0.338 e. The first-order chi connectivity index (χ1) is 16.9. The zero-order valence-electron chi connectivity index (χ0n) is 20.0. The summed E-state index contributed by atoms with van der Waals surface area (Å²) in [5.41, 5.74) is 1.46. The highest BCUT2D eigenvalue weighted by atomic mass is 32.2. The molecule has 0 aliphatic heterocycles. The van der Waals surface area contributed by atoms with Gasteiger partial charge in [-0.3, -0.25) is 9.59 Å². The number of hydrogen-bond donors (Lipinski definition) is 2. The summed E-state index contributed by atoms with van der Waals surface area (Å²) < 4.78 is 7.01. The van der Waals surface area contributed by atoms with Gasteiger partial charge in [-0.25, -0.2) is 4.79 Å². The van der Waals surface area contributed by atoms with Gasteiger partial charge < -0.3 is 19.9 Å². The fourth-order valence-electron chi connectivity index (χ4n) is 3.29. The minimum atomic E-state index is -0.422. The van der Waals surface area contributed by atoms with Crippen LogP contribution >= 0.6 is 11.8 Å². The highest BCUT2D eigenvalue weighted by molar-refractivity contribution is 7.99. The molecule has 0 aliphatic rings. The number of hydrogen-bond acceptors (Lipinski definition) is 7. The molecule has 0 fully saturated rings. The van der Waals surface area contributed by atoms with Crippen LogP contribution in [0.3, 0.4) is 0 Å². The van der Waals surface area contributed by atoms with Crippen molar-refractivity contribution in [1.82, 2.24) is 20.1 Å². The van der Waals surface area contributed by atoms with Crippen molar-refractivity contribution in [2.75, 3.05) is 17.7 Å². The third kappa shape index (κ3) is 7.16. The molecule has 0 saturated heterocycles. The van der Waals surface area contributed by atoms with Crippen molar-refractivity contribution in [2.24, 2.45) is 0 Å². The van der Waals surface area contributed by atoms with Crippen molar-refractivity contribution in [2.45, 2.75) is 44.9 Å². The number of rotatable bonds is 11. The van der Waals surface area contributed by atoms with Crippen LogP contribution in [0.4, 0.5) is 5.69 Å². The van der Waals surface area contributed by atoms with Crippen LogP contribution in [-0.2, 0) is 16.1 Å². The first-order valence-corrected chi connectivity index (χ1v) is 12.4. The largest absolute Gasteiger partial charge is 0.462 e. The van der Waals surface area contributed by atoms with Crippen LogP contribution in [0.25, 0.3) is 0 Å². The van der Waals surface area contributed by atoms with Crippen molar-refractivity contribution in [1.29, 1.82) is 0 Å². The number of thioether (sulfide) groups is 1. The maximum atomic E-state index is 12.5. The van der Waals surface area contributed by atoms with Crippen LogP contribution in [-0.4, -0.2) is 44.9 Å². The van der Waals surface area contributed by atoms with E-state index in [4.69, 9.17) is 4.74 Å². The van der Waals surface area contributed by atoms with E-state index >= 15 is 0 Å². The van der Waals surface area contributed by atoms with E-state index < -0.39 is 5.97 Å². The minimum Gasteiger partial charge on any atom is -0.462 e. The smallest absolute Gasteiger partial charge is 0.338 e. The molecule has 0 spiro atoms. The lowest BCUT2D eigenvalue weighted by Crippen LogP contribution is -2.28. The molecule has 1 heterocycles. The summed E-state index contributed by atoms with van der Waals surface area (Å²) in [4.78, 5) is 37.0. The molecular weight excluding hydrogens is 466 g/mol. The van der Waals surface area contributed by atoms with Crippen LogP contribution < -0.4 is 10.6 Å². The first-order valence-electron chi connectivity index (χ1n) is 11.4. The first kappa shape index (κ1) is 26.0. The van der Waals surface area contributed by atoms with Crippen LogP contribution in [0.15, 0.2) is 59.8 Å². The summed E-state index contributed by atoms with van der Waals surface area (Å²) in [5, 5.41) is 14.8. The number of nitrogens with zero attached hydrogens (tertiary/aromatic N) is 3. The lowest BCUT2D eigenvalue weighted by molar-refractivity contribution is -0.113. The van der Waals surface area contributed by atoms with E-state index in [-0.39, 0.29) is 23.6 Å². The van der Waals surface area contributed by atoms with Crippen molar-refractivity contribution in [3.05, 3.63) is 71.5 Å². The van der Waals surface area contributed by atoms with Crippen molar-refractivity contribution in [3.63, 3.8) is 0 Å². The quantitative estimate of drug-likeness (QED) is 0.304. The number of ether oxygens (including phenoxy) is 1. The standard InChI is InChI=1S/C25H29N5O4S/c1-4-14-34-24(33)19-12-9-13-20(15-19)27-21(31)16-35-25-29-28-22(30(25)5-2)17(3)26-23(32)18-10-7-6-8-11-18/h6-13,15,17H,4-5,14,16H2,1-3H3,(H,26,32)(H,27,31)/t17-/m1/s1. The van der Waals surface area contributed by atoms with E-state index in [9.17, 15) is 14.4 Å². The summed E-state index contributed by atoms with van der Waals surface area (Å²) >= 11 is 1.25. The molecule has 9 nitrogen and oxygen atoms in total. The Morgan fingerprint density at radius 3 is 2.49 bits per heavy atom. The van der Waals surface area contributed by atoms with Gasteiger partial charge >= 0.3 is 5.97 Å². The van der Waals surface area contributed by atoms with Crippen LogP contribution in [0, 0.1) is 0 Å². The molecule has 1 atom stereocenters. The van der Waals surface area contributed by atoms with E-state index in [0.717, 1.165) is 6.42 Å². The summed E-state index contributed by atoms with van der Waals surface area (Å²) in [7, 11) is 0. The topological polar surface area (TPSA) is 115 Å². The molecule has 184 valence electrons. The van der Waals surface area contributed by atoms with Crippen molar-refractivity contribution < 1.29 is 19.1 Å². The van der Waals surface area contributed by atoms with Gasteiger partial charge in [0.1, 0.15) is 0 Å². The average molecular weight is 496 g/mol. The Hall–Kier alpha value is -3.66. The molecule has 0 saturated carbocycles. The molecule has 35 heavy (non-hydrogen) atoms. The fraction of sp³-hybridized carbons (Fsp3) is 0.320. The second kappa shape index (κ2) is 12.7. The lowest BCUT2D eigenvalue weighted by Gasteiger charge is -2.15. The molecule has 3 rings (SSSR count). The molecule has 2 aromatic carbocycles. The van der Waals surface area contributed by atoms with E-state index in [2.05, 4.69) is 20.8 Å². The van der Waals surface area contributed by atoms with Gasteiger partial charge in [0.2, 0.25) is 5.91 Å². The number of amides is 2. The van der Waals surface area contributed by atoms with E-state index in [1.807, 2.05) is 43.5 Å². The van der Waals surface area contributed by atoms with Gasteiger partial charge in [0.05, 0.1) is 24.0 Å². The minimum absolute atomic E-state index is 0.105. The van der Waals surface area contributed by atoms with Gasteiger partial charge in [-0.15, -0.1) is 10.2 Å². The molecule has 0 radical (unpaired) electrons. The van der Waals surface area contributed by atoms with Gasteiger partial charge in [0, 0.05) is 17.8 Å². The molecule has 0 aliphatic carbocycles. The van der Waals surface area contributed by atoms with E-state index in [1.54, 1.807) is 36.4 Å². The maximum absolute atomic E-state index is 12.5. The van der Waals surface area contributed by atoms with Gasteiger partial charge in [-0.2, -0.15) is 0 Å². The fourth-order valence-corrected chi connectivity index (χ4v) is 4.10. The molecule has 3 aromatic rings. The number of nitrogens with one attached hydrogen (secondary N) is 2. The SMILES string of the molecule is CCCOC(=O)c1cccc(NC(=O)CSc2nnc([C@@H](C)NC(=O)c3ccccc3)n2CC)c1. The highest BCUT2D eigenvalue weighted by Crippen LogP contribution is 2.21. The number of carbonyl (C=O) groups excluding carboxylic acids is 3. The predicted molar refractivity (Wildman–Crippen MR) is 134 cm³/mol. The van der Waals surface area contributed by atoms with Crippen LogP contribution in [0.1, 0.15) is 59.8 Å². The monoisotopic (exact) mass is 495 g/mol. The zero-order valence-corrected chi connectivity index (χ0v) is 20.8. The Bertz CT molecular complexity index is 1170. The highest BCUT2D eigenvalue weighted by Gasteiger charge is 2.20. The third-order valence-corrected chi connectivity index (χ3v) is 5.95. The Morgan fingerprint density at radius 2 is 1.77 bits per heavy atom. The summed E-state index contributed by atoms with van der Waals surface area (Å²) in [6, 6.07) is 15.2. The number of benzene rings is 2. The van der Waals surface area contributed by atoms with Gasteiger partial charge in [-0.05, 0) is 50.6 Å². The zero-order chi connectivity index (χ0) is 25.2. The summed E-state index contributed by atoms with van der Waals surface area (Å²) in [6.45, 7) is 6.65. The number of esters is 1. The molecule has 0 unspecified atom stereocenters. The molecule has 0 bridgehead atoms. The Kier molecular flexibility index (Phi) is 9.42. The van der Waals surface area contributed by atoms with Crippen molar-refractivity contribution >= 4 is 35.2 Å². The van der Waals surface area contributed by atoms with E-state index in [1.165, 1.54) is 11.8 Å². The van der Waals surface area contributed by atoms with Crippen LogP contribution in [0.2, 0.25) is 0 Å². The molecule has 2 amide bonds. The summed E-state index contributed by atoms with van der Waals surface area (Å²) in [6.07, 6.45) is 0.738. The second-order valence-corrected chi connectivity index (χ2v) is 8.64. The second-order valence-electron chi connectivity index (χ2n) is 7.70. The molecular formula is C25H29N5O4S. The third-order valence-electron chi connectivity index (χ3n) is 4.98.